The van der Waals surface area contributed by atoms with E-state index < -0.39 is 23.8 Å². The van der Waals surface area contributed by atoms with E-state index in [1.807, 2.05) is 0 Å². The molecule has 1 unspecified atom stereocenters. The van der Waals surface area contributed by atoms with Gasteiger partial charge in [-0.1, -0.05) is 18.2 Å². The highest BCUT2D eigenvalue weighted by Crippen LogP contribution is 2.35. The number of carboxylic acid groups (broad SMARTS) is 1. The third-order valence-electron chi connectivity index (χ3n) is 2.49. The molecule has 1 aromatic carbocycles. The van der Waals surface area contributed by atoms with Crippen LogP contribution in [0, 0.1) is 0 Å². The second-order valence-electron chi connectivity index (χ2n) is 3.54. The fourth-order valence-electron chi connectivity index (χ4n) is 1.75. The van der Waals surface area contributed by atoms with E-state index in [4.69, 9.17) is 10.8 Å². The number of benzene rings is 1. The Bertz CT molecular complexity index is 444. The van der Waals surface area contributed by atoms with Gasteiger partial charge in [0, 0.05) is 11.3 Å². The molecule has 0 aliphatic carbocycles. The number of carbonyl (C=O) groups is 2. The number of nitrogens with one attached hydrogen (secondary N) is 1. The average Bonchev–Trinajstić information content (AvgIpc) is 2.39. The van der Waals surface area contributed by atoms with E-state index in [9.17, 15) is 9.59 Å². The second kappa shape index (κ2) is 3.06. The molecular weight excluding hydrogens is 196 g/mol. The molecule has 0 radical (unpaired) electrons. The molecule has 1 amide bonds. The fourth-order valence-corrected chi connectivity index (χ4v) is 1.75. The maximum Gasteiger partial charge on any atom is 0.306 e. The number of anilines is 1. The minimum Gasteiger partial charge on any atom is -0.481 e. The summed E-state index contributed by atoms with van der Waals surface area (Å²) in [7, 11) is 0. The number of amides is 1. The Labute approximate surface area is 85.9 Å². The number of para-hydroxylation sites is 1. The molecule has 1 aromatic rings. The van der Waals surface area contributed by atoms with E-state index in [1.165, 1.54) is 0 Å². The second-order valence-corrected chi connectivity index (χ2v) is 3.54. The molecule has 0 fully saturated rings. The average molecular weight is 206 g/mol. The van der Waals surface area contributed by atoms with Crippen molar-refractivity contribution >= 4 is 17.6 Å². The van der Waals surface area contributed by atoms with E-state index >= 15 is 0 Å². The Morgan fingerprint density at radius 2 is 2.13 bits per heavy atom. The quantitative estimate of drug-likeness (QED) is 0.647. The molecule has 4 N–H and O–H groups in total. The van der Waals surface area contributed by atoms with Crippen LogP contribution in [0.4, 0.5) is 5.69 Å². The number of fused-ring (bicyclic) bond motifs is 1. The van der Waals surface area contributed by atoms with Crippen molar-refractivity contribution in [3.63, 3.8) is 0 Å². The van der Waals surface area contributed by atoms with Crippen molar-refractivity contribution in [3.8, 4) is 0 Å². The summed E-state index contributed by atoms with van der Waals surface area (Å²) in [6, 6.07) is 6.84. The van der Waals surface area contributed by atoms with Crippen LogP contribution >= 0.6 is 0 Å². The van der Waals surface area contributed by atoms with Gasteiger partial charge in [-0.25, -0.2) is 0 Å². The zero-order valence-corrected chi connectivity index (χ0v) is 7.86. The van der Waals surface area contributed by atoms with Gasteiger partial charge >= 0.3 is 5.97 Å². The van der Waals surface area contributed by atoms with Crippen LogP contribution in [-0.4, -0.2) is 17.0 Å². The number of hydrogen-bond donors (Lipinski definition) is 3. The monoisotopic (exact) mass is 206 g/mol. The van der Waals surface area contributed by atoms with Gasteiger partial charge in [0.2, 0.25) is 5.91 Å². The Hall–Kier alpha value is -1.88. The summed E-state index contributed by atoms with van der Waals surface area (Å²) < 4.78 is 0. The number of hydrogen-bond acceptors (Lipinski definition) is 3. The molecule has 78 valence electrons. The van der Waals surface area contributed by atoms with Gasteiger partial charge in [-0.3, -0.25) is 9.59 Å². The first-order valence-electron chi connectivity index (χ1n) is 4.45. The molecule has 0 bridgehead atoms. The van der Waals surface area contributed by atoms with Gasteiger partial charge in [0.05, 0.1) is 6.42 Å². The lowest BCUT2D eigenvalue weighted by atomic mass is 9.89. The standard InChI is InChI=1S/C10H10N2O3/c11-10(5-8(13)14)6-3-1-2-4-7(6)12-9(10)15/h1-4H,5,11H2,(H,12,15)(H,13,14). The molecule has 0 spiro atoms. The molecule has 0 saturated carbocycles. The van der Waals surface area contributed by atoms with Crippen molar-refractivity contribution < 1.29 is 14.7 Å². The Kier molecular flexibility index (Phi) is 1.97. The van der Waals surface area contributed by atoms with Crippen LogP contribution in [0.5, 0.6) is 0 Å². The fraction of sp³-hybridized carbons (Fsp3) is 0.200. The zero-order chi connectivity index (χ0) is 11.1. The zero-order valence-electron chi connectivity index (χ0n) is 7.86. The number of aliphatic carboxylic acids is 1. The number of rotatable bonds is 2. The topological polar surface area (TPSA) is 92.4 Å². The summed E-state index contributed by atoms with van der Waals surface area (Å²) in [6.07, 6.45) is -0.407. The maximum absolute atomic E-state index is 11.6. The van der Waals surface area contributed by atoms with Gasteiger partial charge in [0.25, 0.3) is 0 Å². The summed E-state index contributed by atoms with van der Waals surface area (Å²) in [5.74, 6) is -1.56. The lowest BCUT2D eigenvalue weighted by molar-refractivity contribution is -0.140. The third-order valence-corrected chi connectivity index (χ3v) is 2.49. The van der Waals surface area contributed by atoms with Gasteiger partial charge < -0.3 is 16.2 Å². The lowest BCUT2D eigenvalue weighted by Crippen LogP contribution is -2.45. The molecule has 5 nitrogen and oxygen atoms in total. The number of carbonyl (C=O) groups excluding carboxylic acids is 1. The first-order chi connectivity index (χ1) is 7.04. The molecule has 1 atom stereocenters. The van der Waals surface area contributed by atoms with Crippen LogP contribution in [0.2, 0.25) is 0 Å². The minimum atomic E-state index is -1.44. The first kappa shape index (κ1) is 9.67. The smallest absolute Gasteiger partial charge is 0.306 e. The van der Waals surface area contributed by atoms with E-state index in [-0.39, 0.29) is 0 Å². The van der Waals surface area contributed by atoms with Crippen LogP contribution in [0.3, 0.4) is 0 Å². The molecule has 2 rings (SSSR count). The molecule has 0 saturated heterocycles. The van der Waals surface area contributed by atoms with Crippen LogP contribution in [-0.2, 0) is 15.1 Å². The summed E-state index contributed by atoms with van der Waals surface area (Å²) in [5, 5.41) is 11.3. The van der Waals surface area contributed by atoms with Gasteiger partial charge in [0.15, 0.2) is 0 Å². The number of carboxylic acids is 1. The maximum atomic E-state index is 11.6. The largest absolute Gasteiger partial charge is 0.481 e. The van der Waals surface area contributed by atoms with Crippen molar-refractivity contribution in [1.29, 1.82) is 0 Å². The van der Waals surface area contributed by atoms with Gasteiger partial charge in [-0.05, 0) is 6.07 Å². The number of nitrogens with two attached hydrogens (primary N) is 1. The summed E-state index contributed by atoms with van der Waals surface area (Å²) in [4.78, 5) is 22.2. The third kappa shape index (κ3) is 1.37. The van der Waals surface area contributed by atoms with Gasteiger partial charge in [-0.2, -0.15) is 0 Å². The summed E-state index contributed by atoms with van der Waals surface area (Å²) in [6.45, 7) is 0. The highest BCUT2D eigenvalue weighted by Gasteiger charge is 2.44. The Morgan fingerprint density at radius 1 is 1.47 bits per heavy atom. The van der Waals surface area contributed by atoms with Crippen LogP contribution in [0.25, 0.3) is 0 Å². The van der Waals surface area contributed by atoms with E-state index in [1.54, 1.807) is 24.3 Å². The van der Waals surface area contributed by atoms with E-state index in [2.05, 4.69) is 5.32 Å². The molecule has 5 heteroatoms. The van der Waals surface area contributed by atoms with Gasteiger partial charge in [0.1, 0.15) is 5.54 Å². The van der Waals surface area contributed by atoms with Crippen molar-refractivity contribution in [2.24, 2.45) is 5.73 Å². The van der Waals surface area contributed by atoms with Crippen molar-refractivity contribution in [1.82, 2.24) is 0 Å². The van der Waals surface area contributed by atoms with Gasteiger partial charge in [-0.15, -0.1) is 0 Å². The molecule has 1 aliphatic heterocycles. The predicted molar refractivity (Wildman–Crippen MR) is 53.2 cm³/mol. The van der Waals surface area contributed by atoms with Crippen LogP contribution in [0.15, 0.2) is 24.3 Å². The Balaban J connectivity index is 2.49. The lowest BCUT2D eigenvalue weighted by Gasteiger charge is -2.19. The molecular formula is C10H10N2O3. The normalized spacial score (nSPS) is 23.4. The van der Waals surface area contributed by atoms with Crippen LogP contribution < -0.4 is 11.1 Å². The first-order valence-corrected chi connectivity index (χ1v) is 4.45. The molecule has 1 heterocycles. The molecule has 1 aliphatic rings. The predicted octanol–water partition coefficient (Wildman–Crippen LogP) is 0.267. The summed E-state index contributed by atoms with van der Waals surface area (Å²) >= 11 is 0. The minimum absolute atomic E-state index is 0.407. The van der Waals surface area contributed by atoms with Crippen molar-refractivity contribution in [2.75, 3.05) is 5.32 Å². The van der Waals surface area contributed by atoms with Crippen molar-refractivity contribution in [2.45, 2.75) is 12.0 Å². The summed E-state index contributed by atoms with van der Waals surface area (Å²) in [5.41, 5.74) is 5.51. The van der Waals surface area contributed by atoms with E-state index in [0.29, 0.717) is 11.3 Å². The van der Waals surface area contributed by atoms with Crippen molar-refractivity contribution in [3.05, 3.63) is 29.8 Å². The Morgan fingerprint density at radius 3 is 2.80 bits per heavy atom. The van der Waals surface area contributed by atoms with E-state index in [0.717, 1.165) is 0 Å². The molecule has 0 aromatic heterocycles. The highest BCUT2D eigenvalue weighted by atomic mass is 16.4. The molecule has 15 heavy (non-hydrogen) atoms. The van der Waals surface area contributed by atoms with Crippen LogP contribution in [0.1, 0.15) is 12.0 Å². The SMILES string of the molecule is NC1(CC(=O)O)C(=O)Nc2ccccc21. The highest BCUT2D eigenvalue weighted by molar-refractivity contribution is 6.07.